The Balaban J connectivity index is 1.24. The van der Waals surface area contributed by atoms with Gasteiger partial charge in [0.15, 0.2) is 0 Å². The van der Waals surface area contributed by atoms with Crippen LogP contribution in [0.3, 0.4) is 0 Å². The summed E-state index contributed by atoms with van der Waals surface area (Å²) in [6.07, 6.45) is 0. The number of nitrogens with zero attached hydrogens (tertiary/aromatic N) is 15. The van der Waals surface area contributed by atoms with Gasteiger partial charge in [0.05, 0.1) is 0 Å². The SMILES string of the molecule is Cc1ccc(-c2nnc(-c3nc(-c4nnc(-c5ccc(O[B]O)cc5)nn4)nc(-c4nnc(-c5ccc(B(O)O)cc5)nn4)n3)nn2)cc1. The summed E-state index contributed by atoms with van der Waals surface area (Å²) in [6, 6.07) is 20.3. The van der Waals surface area contributed by atoms with Gasteiger partial charge in [-0.2, -0.15) is 0 Å². The molecular weight excluding hydrogens is 632 g/mol. The summed E-state index contributed by atoms with van der Waals surface area (Å²) in [5, 5.41) is 77.5. The Hall–Kier alpha value is -6.70. The quantitative estimate of drug-likeness (QED) is 0.166. The highest BCUT2D eigenvalue weighted by atomic mass is 16.5. The van der Waals surface area contributed by atoms with Crippen LogP contribution in [0.5, 0.6) is 5.75 Å². The van der Waals surface area contributed by atoms with Crippen LogP contribution in [0.15, 0.2) is 72.8 Å². The van der Waals surface area contributed by atoms with Gasteiger partial charge < -0.3 is 19.7 Å². The van der Waals surface area contributed by atoms with Gasteiger partial charge in [-0.15, -0.1) is 61.2 Å². The largest absolute Gasteiger partial charge is 0.569 e. The van der Waals surface area contributed by atoms with Crippen molar-refractivity contribution in [3.05, 3.63) is 78.4 Å². The predicted octanol–water partition coefficient (Wildman–Crippen LogP) is -0.493. The number of hydrogen-bond acceptors (Lipinski definition) is 19. The third-order valence-electron chi connectivity index (χ3n) is 6.75. The molecule has 0 aliphatic heterocycles. The Kier molecular flexibility index (Phi) is 8.57. The Morgan fingerprint density at radius 2 is 0.776 bits per heavy atom. The van der Waals surface area contributed by atoms with E-state index < -0.39 is 7.12 Å². The van der Waals surface area contributed by atoms with Crippen molar-refractivity contribution < 1.29 is 19.7 Å². The molecule has 0 spiro atoms. The zero-order valence-corrected chi connectivity index (χ0v) is 25.0. The van der Waals surface area contributed by atoms with Crippen LogP contribution >= 0.6 is 0 Å². The van der Waals surface area contributed by atoms with Gasteiger partial charge in [0, 0.05) is 16.7 Å². The maximum atomic E-state index is 9.36. The van der Waals surface area contributed by atoms with E-state index in [4.69, 9.17) is 9.68 Å². The van der Waals surface area contributed by atoms with E-state index in [-0.39, 0.29) is 46.6 Å². The molecule has 19 nitrogen and oxygen atoms in total. The van der Waals surface area contributed by atoms with Gasteiger partial charge in [-0.3, -0.25) is 0 Å². The number of aromatic nitrogens is 15. The molecule has 1 radical (unpaired) electrons. The van der Waals surface area contributed by atoms with Crippen molar-refractivity contribution in [3.8, 4) is 74.9 Å². The zero-order chi connectivity index (χ0) is 33.7. The van der Waals surface area contributed by atoms with Crippen molar-refractivity contribution >= 4 is 20.3 Å². The predicted molar refractivity (Wildman–Crippen MR) is 169 cm³/mol. The Morgan fingerprint density at radius 1 is 0.449 bits per heavy atom. The normalized spacial score (nSPS) is 10.9. The molecule has 3 aromatic carbocycles. The first-order valence-corrected chi connectivity index (χ1v) is 14.2. The molecule has 7 aromatic rings. The minimum Gasteiger partial charge on any atom is -0.537 e. The highest BCUT2D eigenvalue weighted by Crippen LogP contribution is 2.22. The van der Waals surface area contributed by atoms with Gasteiger partial charge in [-0.25, -0.2) is 15.0 Å². The van der Waals surface area contributed by atoms with Gasteiger partial charge in [-0.05, 0) is 36.7 Å². The summed E-state index contributed by atoms with van der Waals surface area (Å²) >= 11 is 0. The molecule has 235 valence electrons. The minimum absolute atomic E-state index is 0.0376. The monoisotopic (exact) mass is 650 g/mol. The van der Waals surface area contributed by atoms with Crippen molar-refractivity contribution in [2.75, 3.05) is 0 Å². The first kappa shape index (κ1) is 30.9. The zero-order valence-electron chi connectivity index (χ0n) is 25.0. The molecule has 21 heteroatoms. The molecule has 49 heavy (non-hydrogen) atoms. The number of benzene rings is 3. The smallest absolute Gasteiger partial charge is 0.537 e. The molecular formula is C28H18B2N15O4. The highest BCUT2D eigenvalue weighted by molar-refractivity contribution is 6.58. The fourth-order valence-corrected chi connectivity index (χ4v) is 4.23. The molecule has 0 aliphatic rings. The van der Waals surface area contributed by atoms with E-state index in [1.807, 2.05) is 31.2 Å². The number of aryl methyl sites for hydroxylation is 1. The Labute approximate surface area is 276 Å². The lowest BCUT2D eigenvalue weighted by molar-refractivity contribution is 0.425. The fourth-order valence-electron chi connectivity index (χ4n) is 4.23. The van der Waals surface area contributed by atoms with Gasteiger partial charge >= 0.3 is 14.8 Å². The lowest BCUT2D eigenvalue weighted by Gasteiger charge is -2.06. The maximum Gasteiger partial charge on any atom is 0.569 e. The van der Waals surface area contributed by atoms with Crippen molar-refractivity contribution in [1.82, 2.24) is 76.1 Å². The standard InChI is InChI=1S/C28H18B2N15O4/c1-14-2-4-15(5-3-14)20-34-40-26(41-35-20)23-31-24(27-42-36-21(37-43-27)16-6-10-18(11-7-16)30(47)48)33-25(32-23)28-44-38-22(39-45-28)17-8-12-19(13-9-17)49-29-46/h2-13,46-48H,1H3. The van der Waals surface area contributed by atoms with Crippen LogP contribution in [0.2, 0.25) is 0 Å². The van der Waals surface area contributed by atoms with Crippen LogP contribution in [0.25, 0.3) is 69.1 Å². The second kappa shape index (κ2) is 13.6. The van der Waals surface area contributed by atoms with Crippen LogP contribution in [-0.2, 0) is 0 Å². The van der Waals surface area contributed by atoms with E-state index in [0.717, 1.165) is 11.1 Å². The van der Waals surface area contributed by atoms with Crippen molar-refractivity contribution in [2.45, 2.75) is 6.92 Å². The highest BCUT2D eigenvalue weighted by Gasteiger charge is 2.20. The van der Waals surface area contributed by atoms with Gasteiger partial charge in [0.25, 0.3) is 0 Å². The Bertz CT molecular complexity index is 2200. The molecule has 0 unspecified atom stereocenters. The number of hydrogen-bond donors (Lipinski definition) is 3. The molecule has 0 bridgehead atoms. The first-order valence-electron chi connectivity index (χ1n) is 14.2. The summed E-state index contributed by atoms with van der Waals surface area (Å²) in [4.78, 5) is 13.3. The third kappa shape index (κ3) is 6.88. The lowest BCUT2D eigenvalue weighted by atomic mass is 9.80. The van der Waals surface area contributed by atoms with Gasteiger partial charge in [-0.1, -0.05) is 54.1 Å². The summed E-state index contributed by atoms with van der Waals surface area (Å²) < 4.78 is 4.92. The summed E-state index contributed by atoms with van der Waals surface area (Å²) in [5.41, 5.74) is 3.22. The summed E-state index contributed by atoms with van der Waals surface area (Å²) in [6.45, 7) is 1.97. The van der Waals surface area contributed by atoms with Crippen molar-refractivity contribution in [1.29, 1.82) is 0 Å². The van der Waals surface area contributed by atoms with Gasteiger partial charge in [0.2, 0.25) is 52.4 Å². The van der Waals surface area contributed by atoms with E-state index >= 15 is 0 Å². The molecule has 3 N–H and O–H groups in total. The van der Waals surface area contributed by atoms with E-state index in [1.165, 1.54) is 12.1 Å². The van der Waals surface area contributed by atoms with Crippen LogP contribution < -0.4 is 10.1 Å². The van der Waals surface area contributed by atoms with Crippen LogP contribution in [0.4, 0.5) is 0 Å². The van der Waals surface area contributed by atoms with Crippen LogP contribution in [-0.4, -0.2) is 106 Å². The maximum absolute atomic E-state index is 9.36. The second-order valence-electron chi connectivity index (χ2n) is 10.1. The van der Waals surface area contributed by atoms with Crippen LogP contribution in [0, 0.1) is 6.92 Å². The molecule has 0 atom stereocenters. The van der Waals surface area contributed by atoms with Crippen molar-refractivity contribution in [3.63, 3.8) is 0 Å². The van der Waals surface area contributed by atoms with Crippen LogP contribution in [0.1, 0.15) is 5.56 Å². The topological polar surface area (TPSA) is 263 Å². The average molecular weight is 650 g/mol. The van der Waals surface area contributed by atoms with E-state index in [9.17, 15) is 10.0 Å². The Morgan fingerprint density at radius 3 is 1.12 bits per heavy atom. The molecule has 4 heterocycles. The van der Waals surface area contributed by atoms with E-state index in [1.54, 1.807) is 36.4 Å². The molecule has 4 aromatic heterocycles. The average Bonchev–Trinajstić information content (AvgIpc) is 3.16. The summed E-state index contributed by atoms with van der Waals surface area (Å²) in [7, 11) is -1.04. The molecule has 0 fully saturated rings. The third-order valence-corrected chi connectivity index (χ3v) is 6.75. The van der Waals surface area contributed by atoms with Crippen molar-refractivity contribution in [2.24, 2.45) is 0 Å². The molecule has 7 rings (SSSR count). The molecule has 0 aliphatic carbocycles. The molecule has 0 saturated carbocycles. The molecule has 0 saturated heterocycles. The van der Waals surface area contributed by atoms with E-state index in [0.29, 0.717) is 35.8 Å². The summed E-state index contributed by atoms with van der Waals surface area (Å²) in [5.74, 6) is 0.718. The van der Waals surface area contributed by atoms with Gasteiger partial charge in [0.1, 0.15) is 5.75 Å². The second-order valence-corrected chi connectivity index (χ2v) is 10.1. The molecule has 0 amide bonds. The number of rotatable bonds is 9. The van der Waals surface area contributed by atoms with E-state index in [2.05, 4.69) is 76.1 Å². The first-order chi connectivity index (χ1) is 23.9. The minimum atomic E-state index is -1.61. The fraction of sp³-hybridized carbons (Fsp3) is 0.0357. The lowest BCUT2D eigenvalue weighted by Crippen LogP contribution is -2.29.